The molecule has 1 heterocycles. The summed E-state index contributed by atoms with van der Waals surface area (Å²) in [6, 6.07) is 13.7. The summed E-state index contributed by atoms with van der Waals surface area (Å²) < 4.78 is 5.41. The number of fused-ring (bicyclic) bond motifs is 2. The number of hydrogen-bond donors (Lipinski definition) is 2. The number of benzene rings is 2. The van der Waals surface area contributed by atoms with E-state index in [-0.39, 0.29) is 11.0 Å². The van der Waals surface area contributed by atoms with Crippen LogP contribution in [0.15, 0.2) is 36.4 Å². The van der Waals surface area contributed by atoms with Crippen molar-refractivity contribution in [3.63, 3.8) is 0 Å². The van der Waals surface area contributed by atoms with Crippen LogP contribution in [0.5, 0.6) is 5.75 Å². The summed E-state index contributed by atoms with van der Waals surface area (Å²) in [7, 11) is 1.54. The van der Waals surface area contributed by atoms with Crippen molar-refractivity contribution in [1.29, 1.82) is 5.26 Å². The van der Waals surface area contributed by atoms with Crippen LogP contribution in [0, 0.1) is 17.2 Å². The minimum atomic E-state index is -0.358. The fourth-order valence-corrected chi connectivity index (χ4v) is 5.45. The highest BCUT2D eigenvalue weighted by molar-refractivity contribution is 7.80. The molecule has 1 unspecified atom stereocenters. The van der Waals surface area contributed by atoms with Crippen molar-refractivity contribution in [3.8, 4) is 11.8 Å². The SMILES string of the molecule is COc1cc2ccccc2cc1C(=O)NC(=S)Nc1sc2c(c1C#N)CCC(C)C2. The zero-order valence-electron chi connectivity index (χ0n) is 16.7. The van der Waals surface area contributed by atoms with Crippen molar-refractivity contribution < 1.29 is 9.53 Å². The van der Waals surface area contributed by atoms with Crippen LogP contribution in [-0.4, -0.2) is 18.1 Å². The van der Waals surface area contributed by atoms with Gasteiger partial charge in [0.05, 0.1) is 18.2 Å². The number of thiocarbonyl (C=S) groups is 1. The van der Waals surface area contributed by atoms with Crippen molar-refractivity contribution in [1.82, 2.24) is 5.32 Å². The Hall–Kier alpha value is -2.95. The molecule has 0 spiro atoms. The van der Waals surface area contributed by atoms with Crippen LogP contribution in [0.2, 0.25) is 0 Å². The summed E-state index contributed by atoms with van der Waals surface area (Å²) in [4.78, 5) is 14.1. The van der Waals surface area contributed by atoms with Gasteiger partial charge in [-0.15, -0.1) is 11.3 Å². The minimum Gasteiger partial charge on any atom is -0.496 e. The second-order valence-corrected chi connectivity index (χ2v) is 8.99. The van der Waals surface area contributed by atoms with Gasteiger partial charge in [0.2, 0.25) is 0 Å². The van der Waals surface area contributed by atoms with Crippen LogP contribution in [0.3, 0.4) is 0 Å². The molecular weight excluding hydrogens is 414 g/mol. The first-order valence-corrected chi connectivity index (χ1v) is 11.0. The van der Waals surface area contributed by atoms with Gasteiger partial charge in [-0.05, 0) is 65.9 Å². The Morgan fingerprint density at radius 2 is 2.03 bits per heavy atom. The number of rotatable bonds is 3. The number of nitrogens with zero attached hydrogens (tertiary/aromatic N) is 1. The van der Waals surface area contributed by atoms with E-state index in [1.807, 2.05) is 30.3 Å². The molecule has 2 aromatic carbocycles. The molecule has 0 fully saturated rings. The third-order valence-electron chi connectivity index (χ3n) is 5.39. The van der Waals surface area contributed by atoms with Crippen LogP contribution in [-0.2, 0) is 12.8 Å². The number of hydrogen-bond acceptors (Lipinski definition) is 5. The Labute approximate surface area is 184 Å². The van der Waals surface area contributed by atoms with Crippen molar-refractivity contribution in [2.45, 2.75) is 26.2 Å². The highest BCUT2D eigenvalue weighted by Gasteiger charge is 2.24. The molecule has 1 aromatic heterocycles. The van der Waals surface area contributed by atoms with Crippen molar-refractivity contribution in [3.05, 3.63) is 58.0 Å². The number of methoxy groups -OCH3 is 1. The summed E-state index contributed by atoms with van der Waals surface area (Å²) in [5.41, 5.74) is 2.16. The minimum absolute atomic E-state index is 0.165. The second kappa shape index (κ2) is 8.42. The largest absolute Gasteiger partial charge is 0.496 e. The van der Waals surface area contributed by atoms with Crippen LogP contribution >= 0.6 is 23.6 Å². The molecule has 1 aliphatic rings. The van der Waals surface area contributed by atoms with E-state index in [2.05, 4.69) is 23.6 Å². The van der Waals surface area contributed by atoms with Gasteiger partial charge in [0.15, 0.2) is 5.11 Å². The van der Waals surface area contributed by atoms with Gasteiger partial charge in [-0.1, -0.05) is 31.2 Å². The first-order valence-electron chi connectivity index (χ1n) is 9.74. The molecule has 1 aliphatic carbocycles. The Morgan fingerprint density at radius 1 is 1.30 bits per heavy atom. The van der Waals surface area contributed by atoms with E-state index in [1.165, 1.54) is 12.0 Å². The normalized spacial score (nSPS) is 15.2. The maximum atomic E-state index is 12.9. The monoisotopic (exact) mass is 435 g/mol. The molecule has 30 heavy (non-hydrogen) atoms. The topological polar surface area (TPSA) is 74.2 Å². The highest BCUT2D eigenvalue weighted by Crippen LogP contribution is 2.39. The number of ether oxygens (including phenoxy) is 1. The zero-order valence-corrected chi connectivity index (χ0v) is 18.4. The van der Waals surface area contributed by atoms with Crippen molar-refractivity contribution in [2.75, 3.05) is 12.4 Å². The molecule has 152 valence electrons. The third kappa shape index (κ3) is 3.89. The predicted octanol–water partition coefficient (Wildman–Crippen LogP) is 5.03. The fraction of sp³-hybridized carbons (Fsp3) is 0.261. The number of nitriles is 1. The van der Waals surface area contributed by atoms with Gasteiger partial charge in [0, 0.05) is 4.88 Å². The summed E-state index contributed by atoms with van der Waals surface area (Å²) in [6.07, 6.45) is 2.97. The molecule has 7 heteroatoms. The molecule has 5 nitrogen and oxygen atoms in total. The van der Waals surface area contributed by atoms with E-state index in [1.54, 1.807) is 17.4 Å². The summed E-state index contributed by atoms with van der Waals surface area (Å²) in [5, 5.41) is 18.2. The summed E-state index contributed by atoms with van der Waals surface area (Å²) in [5.74, 6) is 0.735. The first kappa shape index (κ1) is 20.3. The van der Waals surface area contributed by atoms with Gasteiger partial charge >= 0.3 is 0 Å². The average Bonchev–Trinajstić information content (AvgIpc) is 3.08. The molecule has 1 amide bonds. The third-order valence-corrected chi connectivity index (χ3v) is 6.76. The number of amides is 1. The number of thiophene rings is 1. The smallest absolute Gasteiger partial charge is 0.261 e. The Morgan fingerprint density at radius 3 is 2.73 bits per heavy atom. The van der Waals surface area contributed by atoms with Crippen LogP contribution in [0.4, 0.5) is 5.00 Å². The maximum absolute atomic E-state index is 12.9. The van der Waals surface area contributed by atoms with Crippen LogP contribution < -0.4 is 15.4 Å². The van der Waals surface area contributed by atoms with Crippen LogP contribution in [0.25, 0.3) is 10.8 Å². The number of carbonyl (C=O) groups is 1. The van der Waals surface area contributed by atoms with Crippen molar-refractivity contribution >= 4 is 50.3 Å². The van der Waals surface area contributed by atoms with Gasteiger partial charge in [-0.3, -0.25) is 10.1 Å². The van der Waals surface area contributed by atoms with E-state index in [0.29, 0.717) is 27.8 Å². The molecule has 0 saturated carbocycles. The first-order chi connectivity index (χ1) is 14.5. The van der Waals surface area contributed by atoms with E-state index in [9.17, 15) is 10.1 Å². The lowest BCUT2D eigenvalue weighted by Gasteiger charge is -2.17. The summed E-state index contributed by atoms with van der Waals surface area (Å²) in [6.45, 7) is 2.23. The molecule has 3 aromatic rings. The van der Waals surface area contributed by atoms with E-state index >= 15 is 0 Å². The van der Waals surface area contributed by atoms with Gasteiger partial charge in [-0.25, -0.2) is 0 Å². The molecule has 0 saturated heterocycles. The zero-order chi connectivity index (χ0) is 21.3. The van der Waals surface area contributed by atoms with Crippen molar-refractivity contribution in [2.24, 2.45) is 5.92 Å². The lowest BCUT2D eigenvalue weighted by Crippen LogP contribution is -2.34. The van der Waals surface area contributed by atoms with Gasteiger partial charge in [-0.2, -0.15) is 5.26 Å². The lowest BCUT2D eigenvalue weighted by molar-refractivity contribution is 0.0975. The molecular formula is C23H21N3O2S2. The molecule has 2 N–H and O–H groups in total. The lowest BCUT2D eigenvalue weighted by atomic mass is 9.89. The molecule has 1 atom stereocenters. The van der Waals surface area contributed by atoms with Gasteiger partial charge < -0.3 is 10.1 Å². The van der Waals surface area contributed by atoms with E-state index in [0.717, 1.165) is 35.6 Å². The maximum Gasteiger partial charge on any atom is 0.261 e. The Kier molecular flexibility index (Phi) is 5.71. The highest BCUT2D eigenvalue weighted by atomic mass is 32.1. The molecule has 0 radical (unpaired) electrons. The van der Waals surface area contributed by atoms with E-state index in [4.69, 9.17) is 17.0 Å². The fourth-order valence-electron chi connectivity index (χ4n) is 3.83. The quantitative estimate of drug-likeness (QED) is 0.564. The predicted molar refractivity (Wildman–Crippen MR) is 124 cm³/mol. The van der Waals surface area contributed by atoms with Crippen LogP contribution in [0.1, 0.15) is 39.7 Å². The number of nitrogens with one attached hydrogen (secondary N) is 2. The summed E-state index contributed by atoms with van der Waals surface area (Å²) >= 11 is 6.93. The Bertz CT molecular complexity index is 1190. The Balaban J connectivity index is 1.55. The molecule has 4 rings (SSSR count). The van der Waals surface area contributed by atoms with Gasteiger partial charge in [0.1, 0.15) is 16.8 Å². The average molecular weight is 436 g/mol. The van der Waals surface area contributed by atoms with E-state index < -0.39 is 0 Å². The standard InChI is InChI=1S/C23H21N3O2S2/c1-13-7-8-16-18(12-24)22(30-20(16)9-13)26-23(29)25-21(27)17-10-14-5-3-4-6-15(14)11-19(17)28-2/h3-6,10-11,13H,7-9H2,1-2H3,(H2,25,26,27,29). The van der Waals surface area contributed by atoms with Gasteiger partial charge in [0.25, 0.3) is 5.91 Å². The number of carbonyl (C=O) groups excluding carboxylic acids is 1. The molecule has 0 bridgehead atoms. The molecule has 0 aliphatic heterocycles. The second-order valence-electron chi connectivity index (χ2n) is 7.48. The number of anilines is 1.